The fourth-order valence-electron chi connectivity index (χ4n) is 0.755. The Bertz CT molecular complexity index is 175. The van der Waals surface area contributed by atoms with E-state index in [0.717, 1.165) is 6.42 Å². The van der Waals surface area contributed by atoms with Gasteiger partial charge in [-0.15, -0.1) is 0 Å². The molecular weight excluding hydrogens is 154 g/mol. The lowest BCUT2D eigenvalue weighted by atomic mass is 10.1. The van der Waals surface area contributed by atoms with Gasteiger partial charge in [-0.2, -0.15) is 0 Å². The summed E-state index contributed by atoms with van der Waals surface area (Å²) in [4.78, 5) is 23.1. The van der Waals surface area contributed by atoms with E-state index >= 15 is 0 Å². The van der Waals surface area contributed by atoms with Crippen molar-refractivity contribution >= 4 is 11.8 Å². The highest BCUT2D eigenvalue weighted by Crippen LogP contribution is 2.05. The third-order valence-corrected chi connectivity index (χ3v) is 1.78. The van der Waals surface area contributed by atoms with Crippen LogP contribution in [0, 0.1) is 5.92 Å². The molecule has 0 unspecified atom stereocenters. The quantitative estimate of drug-likeness (QED) is 0.644. The first-order valence-electron chi connectivity index (χ1n) is 4.22. The Hall–Kier alpha value is -0.860. The molecule has 3 heteroatoms. The molecule has 0 atom stereocenters. The number of amides is 2. The normalized spacial score (nSPS) is 10.1. The van der Waals surface area contributed by atoms with Crippen LogP contribution in [0.15, 0.2) is 0 Å². The van der Waals surface area contributed by atoms with Gasteiger partial charge in [0.1, 0.15) is 0 Å². The molecule has 0 aromatic heterocycles. The fourth-order valence-corrected chi connectivity index (χ4v) is 0.755. The van der Waals surface area contributed by atoms with Gasteiger partial charge in [0.2, 0.25) is 11.8 Å². The van der Waals surface area contributed by atoms with Crippen LogP contribution < -0.4 is 0 Å². The van der Waals surface area contributed by atoms with Gasteiger partial charge in [-0.1, -0.05) is 13.8 Å². The van der Waals surface area contributed by atoms with E-state index in [0.29, 0.717) is 12.3 Å². The van der Waals surface area contributed by atoms with Crippen molar-refractivity contribution in [3.8, 4) is 0 Å². The highest BCUT2D eigenvalue weighted by atomic mass is 16.2. The molecule has 12 heavy (non-hydrogen) atoms. The lowest BCUT2D eigenvalue weighted by Gasteiger charge is -2.13. The van der Waals surface area contributed by atoms with Gasteiger partial charge in [0, 0.05) is 20.4 Å². The van der Waals surface area contributed by atoms with Crippen molar-refractivity contribution in [1.82, 2.24) is 4.90 Å². The van der Waals surface area contributed by atoms with Crippen molar-refractivity contribution in [2.75, 3.05) is 7.05 Å². The van der Waals surface area contributed by atoms with Gasteiger partial charge in [0.15, 0.2) is 0 Å². The molecule has 0 aromatic rings. The topological polar surface area (TPSA) is 37.4 Å². The Labute approximate surface area is 73.7 Å². The average molecular weight is 171 g/mol. The zero-order chi connectivity index (χ0) is 9.72. The largest absolute Gasteiger partial charge is 0.286 e. The van der Waals surface area contributed by atoms with Crippen LogP contribution in [0.4, 0.5) is 0 Å². The van der Waals surface area contributed by atoms with E-state index in [1.807, 2.05) is 0 Å². The van der Waals surface area contributed by atoms with E-state index in [4.69, 9.17) is 0 Å². The van der Waals surface area contributed by atoms with Crippen molar-refractivity contribution in [2.45, 2.75) is 33.6 Å². The molecule has 0 saturated heterocycles. The molecule has 70 valence electrons. The number of imide groups is 1. The SMILES string of the molecule is CC(=O)N(C)C(=O)CCC(C)C. The van der Waals surface area contributed by atoms with Crippen molar-refractivity contribution in [1.29, 1.82) is 0 Å². The molecule has 0 radical (unpaired) electrons. The molecule has 3 nitrogen and oxygen atoms in total. The van der Waals surface area contributed by atoms with Crippen molar-refractivity contribution in [3.05, 3.63) is 0 Å². The van der Waals surface area contributed by atoms with Crippen LogP contribution in [-0.2, 0) is 9.59 Å². The molecule has 0 saturated carbocycles. The van der Waals surface area contributed by atoms with E-state index in [1.54, 1.807) is 0 Å². The maximum absolute atomic E-state index is 11.2. The number of carbonyl (C=O) groups excluding carboxylic acids is 2. The van der Waals surface area contributed by atoms with Gasteiger partial charge in [-0.3, -0.25) is 14.5 Å². The van der Waals surface area contributed by atoms with Crippen molar-refractivity contribution in [3.63, 3.8) is 0 Å². The summed E-state index contributed by atoms with van der Waals surface area (Å²) in [6, 6.07) is 0. The highest BCUT2D eigenvalue weighted by Gasteiger charge is 2.12. The minimum Gasteiger partial charge on any atom is -0.286 e. The molecule has 0 aliphatic heterocycles. The van der Waals surface area contributed by atoms with Crippen LogP contribution in [-0.4, -0.2) is 23.8 Å². The molecule has 0 aliphatic rings. The molecule has 0 rings (SSSR count). The summed E-state index contributed by atoms with van der Waals surface area (Å²) >= 11 is 0. The lowest BCUT2D eigenvalue weighted by Crippen LogP contribution is -2.30. The maximum atomic E-state index is 11.2. The molecule has 0 spiro atoms. The summed E-state index contributed by atoms with van der Waals surface area (Å²) in [7, 11) is 1.52. The van der Waals surface area contributed by atoms with Crippen LogP contribution in [0.5, 0.6) is 0 Å². The number of nitrogens with zero attached hydrogens (tertiary/aromatic N) is 1. The standard InChI is InChI=1S/C9H17NO2/c1-7(2)5-6-9(12)10(4)8(3)11/h7H,5-6H2,1-4H3. The molecular formula is C9H17NO2. The van der Waals surface area contributed by atoms with Crippen LogP contribution in [0.1, 0.15) is 33.6 Å². The van der Waals surface area contributed by atoms with E-state index in [2.05, 4.69) is 13.8 Å². The predicted molar refractivity (Wildman–Crippen MR) is 47.5 cm³/mol. The van der Waals surface area contributed by atoms with Crippen LogP contribution in [0.2, 0.25) is 0 Å². The lowest BCUT2D eigenvalue weighted by molar-refractivity contribution is -0.141. The maximum Gasteiger partial charge on any atom is 0.228 e. The number of carbonyl (C=O) groups is 2. The number of rotatable bonds is 3. The second-order valence-corrected chi connectivity index (χ2v) is 3.40. The van der Waals surface area contributed by atoms with Gasteiger partial charge in [-0.25, -0.2) is 0 Å². The Morgan fingerprint density at radius 1 is 1.33 bits per heavy atom. The molecule has 0 aromatic carbocycles. The first-order chi connectivity index (χ1) is 5.45. The highest BCUT2D eigenvalue weighted by molar-refractivity contribution is 5.93. The summed E-state index contributed by atoms with van der Waals surface area (Å²) in [5, 5.41) is 0. The first kappa shape index (κ1) is 11.1. The van der Waals surface area contributed by atoms with E-state index in [1.165, 1.54) is 18.9 Å². The van der Waals surface area contributed by atoms with Crippen molar-refractivity contribution in [2.24, 2.45) is 5.92 Å². The molecule has 0 aliphatic carbocycles. The third kappa shape index (κ3) is 4.11. The minimum absolute atomic E-state index is 0.0869. The zero-order valence-electron chi connectivity index (χ0n) is 8.26. The fraction of sp³-hybridized carbons (Fsp3) is 0.778. The average Bonchev–Trinajstić information content (AvgIpc) is 1.98. The van der Waals surface area contributed by atoms with Gasteiger partial charge in [0.25, 0.3) is 0 Å². The van der Waals surface area contributed by atoms with E-state index in [-0.39, 0.29) is 11.8 Å². The Morgan fingerprint density at radius 3 is 2.17 bits per heavy atom. The number of hydrogen-bond donors (Lipinski definition) is 0. The Morgan fingerprint density at radius 2 is 1.83 bits per heavy atom. The second-order valence-electron chi connectivity index (χ2n) is 3.40. The van der Waals surface area contributed by atoms with Crippen molar-refractivity contribution < 1.29 is 9.59 Å². The summed E-state index contributed by atoms with van der Waals surface area (Å²) < 4.78 is 0. The Kier molecular flexibility index (Phi) is 4.55. The van der Waals surface area contributed by atoms with E-state index in [9.17, 15) is 9.59 Å². The Balaban J connectivity index is 3.80. The minimum atomic E-state index is -0.191. The third-order valence-electron chi connectivity index (χ3n) is 1.78. The molecule has 0 bridgehead atoms. The second kappa shape index (κ2) is 4.91. The van der Waals surface area contributed by atoms with Crippen LogP contribution in [0.3, 0.4) is 0 Å². The summed E-state index contributed by atoms with van der Waals surface area (Å²) in [6.07, 6.45) is 1.31. The summed E-state index contributed by atoms with van der Waals surface area (Å²) in [6.45, 7) is 5.51. The zero-order valence-corrected chi connectivity index (χ0v) is 8.26. The van der Waals surface area contributed by atoms with E-state index < -0.39 is 0 Å². The smallest absolute Gasteiger partial charge is 0.228 e. The van der Waals surface area contributed by atoms with Gasteiger partial charge in [0.05, 0.1) is 0 Å². The summed E-state index contributed by atoms with van der Waals surface area (Å²) in [5.74, 6) is 0.231. The van der Waals surface area contributed by atoms with Crippen LogP contribution in [0.25, 0.3) is 0 Å². The number of hydrogen-bond acceptors (Lipinski definition) is 2. The monoisotopic (exact) mass is 171 g/mol. The molecule has 0 heterocycles. The molecule has 0 N–H and O–H groups in total. The van der Waals surface area contributed by atoms with Gasteiger partial charge < -0.3 is 0 Å². The first-order valence-corrected chi connectivity index (χ1v) is 4.22. The summed E-state index contributed by atoms with van der Waals surface area (Å²) in [5.41, 5.74) is 0. The van der Waals surface area contributed by atoms with Gasteiger partial charge in [-0.05, 0) is 12.3 Å². The molecule has 0 fully saturated rings. The molecule has 2 amide bonds. The van der Waals surface area contributed by atoms with Crippen LogP contribution >= 0.6 is 0 Å². The predicted octanol–water partition coefficient (Wildman–Crippen LogP) is 1.43. The van der Waals surface area contributed by atoms with Gasteiger partial charge >= 0.3 is 0 Å².